The van der Waals surface area contributed by atoms with Crippen molar-refractivity contribution in [2.45, 2.75) is 20.0 Å². The summed E-state index contributed by atoms with van der Waals surface area (Å²) in [6, 6.07) is 14.4. The summed E-state index contributed by atoms with van der Waals surface area (Å²) in [6.45, 7) is 4.43. The van der Waals surface area contributed by atoms with Crippen molar-refractivity contribution in [1.82, 2.24) is 0 Å². The number of ether oxygens (including phenoxy) is 1. The molecule has 0 radical (unpaired) electrons. The quantitative estimate of drug-likeness (QED) is 0.611. The molecular weight excluding hydrogens is 236 g/mol. The molecule has 0 N–H and O–H groups in total. The van der Waals surface area contributed by atoms with Gasteiger partial charge in [0.15, 0.2) is 5.78 Å². The van der Waals surface area contributed by atoms with Crippen molar-refractivity contribution < 1.29 is 9.53 Å². The van der Waals surface area contributed by atoms with Gasteiger partial charge in [-0.3, -0.25) is 4.79 Å². The van der Waals surface area contributed by atoms with E-state index < -0.39 is 0 Å². The molecule has 0 bridgehead atoms. The van der Waals surface area contributed by atoms with Crippen LogP contribution in [0, 0.1) is 6.92 Å². The van der Waals surface area contributed by atoms with Crippen molar-refractivity contribution in [3.05, 3.63) is 59.2 Å². The standard InChI is InChI=1S/C17H16O2/c1-11-3-5-13(6-4-11)15-7-14(12(2)18)8-16(9-15)17-10-19-17/h3-9,17H,10H2,1-2H3. The molecule has 96 valence electrons. The Morgan fingerprint density at radius 3 is 2.37 bits per heavy atom. The van der Waals surface area contributed by atoms with Crippen molar-refractivity contribution in [1.29, 1.82) is 0 Å². The second-order valence-electron chi connectivity index (χ2n) is 5.09. The molecule has 1 aliphatic heterocycles. The minimum absolute atomic E-state index is 0.0934. The monoisotopic (exact) mass is 252 g/mol. The third-order valence-corrected chi connectivity index (χ3v) is 3.45. The lowest BCUT2D eigenvalue weighted by Crippen LogP contribution is -1.95. The molecule has 0 saturated carbocycles. The summed E-state index contributed by atoms with van der Waals surface area (Å²) in [5, 5.41) is 0. The van der Waals surface area contributed by atoms with E-state index in [1.807, 2.05) is 12.1 Å². The summed E-state index contributed by atoms with van der Waals surface area (Å²) in [5.41, 5.74) is 5.30. The Labute approximate surface area is 113 Å². The van der Waals surface area contributed by atoms with Crippen LogP contribution in [0.4, 0.5) is 0 Å². The van der Waals surface area contributed by atoms with E-state index in [4.69, 9.17) is 4.74 Å². The highest BCUT2D eigenvalue weighted by atomic mass is 16.6. The number of ketones is 1. The fourth-order valence-corrected chi connectivity index (χ4v) is 2.19. The Kier molecular flexibility index (Phi) is 2.96. The van der Waals surface area contributed by atoms with Crippen LogP contribution in [0.3, 0.4) is 0 Å². The Bertz CT molecular complexity index is 622. The van der Waals surface area contributed by atoms with Crippen molar-refractivity contribution in [3.8, 4) is 11.1 Å². The van der Waals surface area contributed by atoms with Gasteiger partial charge in [-0.25, -0.2) is 0 Å². The zero-order valence-corrected chi connectivity index (χ0v) is 11.1. The Balaban J connectivity index is 2.08. The molecule has 2 aromatic rings. The Hall–Kier alpha value is -1.93. The van der Waals surface area contributed by atoms with Crippen LogP contribution in [0.2, 0.25) is 0 Å². The normalized spacial score (nSPS) is 17.3. The third kappa shape index (κ3) is 2.59. The minimum Gasteiger partial charge on any atom is -0.368 e. The van der Waals surface area contributed by atoms with Gasteiger partial charge in [-0.05, 0) is 48.7 Å². The second-order valence-corrected chi connectivity index (χ2v) is 5.09. The van der Waals surface area contributed by atoms with E-state index in [9.17, 15) is 4.79 Å². The van der Waals surface area contributed by atoms with Gasteiger partial charge >= 0.3 is 0 Å². The number of carbonyl (C=O) groups excluding carboxylic acids is 1. The Morgan fingerprint density at radius 1 is 1.11 bits per heavy atom. The lowest BCUT2D eigenvalue weighted by Gasteiger charge is -2.07. The number of aryl methyl sites for hydroxylation is 1. The second kappa shape index (κ2) is 4.63. The topological polar surface area (TPSA) is 29.6 Å². The molecule has 1 atom stereocenters. The molecule has 1 heterocycles. The van der Waals surface area contributed by atoms with Crippen LogP contribution in [0.1, 0.15) is 34.5 Å². The van der Waals surface area contributed by atoms with E-state index in [-0.39, 0.29) is 11.9 Å². The SMILES string of the molecule is CC(=O)c1cc(-c2ccc(C)cc2)cc(C2CO2)c1. The van der Waals surface area contributed by atoms with Gasteiger partial charge in [0, 0.05) is 5.56 Å². The van der Waals surface area contributed by atoms with Gasteiger partial charge in [-0.1, -0.05) is 29.8 Å². The van der Waals surface area contributed by atoms with Crippen LogP contribution < -0.4 is 0 Å². The van der Waals surface area contributed by atoms with Gasteiger partial charge < -0.3 is 4.74 Å². The zero-order chi connectivity index (χ0) is 13.4. The average Bonchev–Trinajstić information content (AvgIpc) is 3.23. The van der Waals surface area contributed by atoms with E-state index >= 15 is 0 Å². The summed E-state index contributed by atoms with van der Waals surface area (Å²) in [5.74, 6) is 0.0934. The van der Waals surface area contributed by atoms with E-state index in [1.165, 1.54) is 5.56 Å². The molecule has 0 spiro atoms. The molecule has 1 aliphatic rings. The highest BCUT2D eigenvalue weighted by molar-refractivity contribution is 5.95. The van der Waals surface area contributed by atoms with Gasteiger partial charge in [0.1, 0.15) is 6.10 Å². The molecule has 3 rings (SSSR count). The van der Waals surface area contributed by atoms with Gasteiger partial charge in [-0.15, -0.1) is 0 Å². The molecule has 1 saturated heterocycles. The first-order valence-electron chi connectivity index (χ1n) is 6.48. The molecule has 2 aromatic carbocycles. The predicted molar refractivity (Wildman–Crippen MR) is 75.3 cm³/mol. The molecule has 2 nitrogen and oxygen atoms in total. The number of hydrogen-bond donors (Lipinski definition) is 0. The van der Waals surface area contributed by atoms with Crippen LogP contribution in [-0.2, 0) is 4.74 Å². The average molecular weight is 252 g/mol. The van der Waals surface area contributed by atoms with Gasteiger partial charge in [0.2, 0.25) is 0 Å². The highest BCUT2D eigenvalue weighted by Gasteiger charge is 2.25. The number of benzene rings is 2. The summed E-state index contributed by atoms with van der Waals surface area (Å²) in [6.07, 6.45) is 0.170. The van der Waals surface area contributed by atoms with E-state index in [1.54, 1.807) is 6.92 Å². The first kappa shape index (κ1) is 12.1. The molecule has 19 heavy (non-hydrogen) atoms. The van der Waals surface area contributed by atoms with Crippen LogP contribution in [0.25, 0.3) is 11.1 Å². The summed E-state index contributed by atoms with van der Waals surface area (Å²) in [4.78, 5) is 11.6. The first-order valence-corrected chi connectivity index (χ1v) is 6.48. The van der Waals surface area contributed by atoms with E-state index in [2.05, 4.69) is 37.3 Å². The lowest BCUT2D eigenvalue weighted by atomic mass is 9.96. The first-order chi connectivity index (χ1) is 9.13. The van der Waals surface area contributed by atoms with Crippen LogP contribution >= 0.6 is 0 Å². The largest absolute Gasteiger partial charge is 0.368 e. The molecule has 1 unspecified atom stereocenters. The molecule has 2 heteroatoms. The van der Waals surface area contributed by atoms with Crippen LogP contribution in [0.15, 0.2) is 42.5 Å². The lowest BCUT2D eigenvalue weighted by molar-refractivity contribution is 0.101. The number of hydrogen-bond acceptors (Lipinski definition) is 2. The zero-order valence-electron chi connectivity index (χ0n) is 11.1. The van der Waals surface area contributed by atoms with Crippen molar-refractivity contribution in [3.63, 3.8) is 0 Å². The summed E-state index contributed by atoms with van der Waals surface area (Å²) >= 11 is 0. The third-order valence-electron chi connectivity index (χ3n) is 3.45. The van der Waals surface area contributed by atoms with E-state index in [0.29, 0.717) is 0 Å². The molecule has 0 aromatic heterocycles. The number of rotatable bonds is 3. The fourth-order valence-electron chi connectivity index (χ4n) is 2.19. The summed E-state index contributed by atoms with van der Waals surface area (Å²) < 4.78 is 5.33. The maximum absolute atomic E-state index is 11.6. The Morgan fingerprint density at radius 2 is 1.79 bits per heavy atom. The summed E-state index contributed by atoms with van der Waals surface area (Å²) in [7, 11) is 0. The number of carbonyl (C=O) groups is 1. The van der Waals surface area contributed by atoms with Crippen LogP contribution in [-0.4, -0.2) is 12.4 Å². The van der Waals surface area contributed by atoms with Crippen molar-refractivity contribution in [2.24, 2.45) is 0 Å². The van der Waals surface area contributed by atoms with E-state index in [0.717, 1.165) is 28.9 Å². The molecule has 0 aliphatic carbocycles. The minimum atomic E-state index is 0.0934. The number of epoxide rings is 1. The van der Waals surface area contributed by atoms with Crippen molar-refractivity contribution >= 4 is 5.78 Å². The van der Waals surface area contributed by atoms with Gasteiger partial charge in [0.05, 0.1) is 6.61 Å². The maximum Gasteiger partial charge on any atom is 0.159 e. The van der Waals surface area contributed by atoms with Crippen molar-refractivity contribution in [2.75, 3.05) is 6.61 Å². The van der Waals surface area contributed by atoms with Crippen LogP contribution in [0.5, 0.6) is 0 Å². The molecule has 0 amide bonds. The maximum atomic E-state index is 11.6. The predicted octanol–water partition coefficient (Wildman–Crippen LogP) is 3.94. The van der Waals surface area contributed by atoms with Gasteiger partial charge in [-0.2, -0.15) is 0 Å². The van der Waals surface area contributed by atoms with Gasteiger partial charge in [0.25, 0.3) is 0 Å². The number of Topliss-reactive ketones (excluding diaryl/α,β-unsaturated/α-hetero) is 1. The highest BCUT2D eigenvalue weighted by Crippen LogP contribution is 2.33. The smallest absolute Gasteiger partial charge is 0.159 e. The molecule has 1 fully saturated rings. The fraction of sp³-hybridized carbons (Fsp3) is 0.235. The molecular formula is C17H16O2.